The molecule has 3 heteroatoms. The standard InChI is InChI=1S/C16H16N2S/c1-3-11-10-12(8-9-13(11)17-2)16-18-14-6-4-5-7-15(14)19-16/h4-10,17H,3H2,1-2H3. The Kier molecular flexibility index (Phi) is 3.22. The Balaban J connectivity index is 2.10. The highest BCUT2D eigenvalue weighted by molar-refractivity contribution is 7.21. The van der Waals surface area contributed by atoms with Gasteiger partial charge in [-0.2, -0.15) is 0 Å². The van der Waals surface area contributed by atoms with Gasteiger partial charge in [0.1, 0.15) is 5.01 Å². The smallest absolute Gasteiger partial charge is 0.124 e. The second-order valence-electron chi connectivity index (χ2n) is 4.46. The summed E-state index contributed by atoms with van der Waals surface area (Å²) in [5.74, 6) is 0. The first kappa shape index (κ1) is 12.2. The van der Waals surface area contributed by atoms with E-state index in [1.54, 1.807) is 11.3 Å². The lowest BCUT2D eigenvalue weighted by Crippen LogP contribution is -1.94. The van der Waals surface area contributed by atoms with Crippen molar-refractivity contribution >= 4 is 27.2 Å². The predicted molar refractivity (Wildman–Crippen MR) is 84.0 cm³/mol. The summed E-state index contributed by atoms with van der Waals surface area (Å²) in [6.45, 7) is 2.18. The Hall–Kier alpha value is -1.87. The van der Waals surface area contributed by atoms with E-state index >= 15 is 0 Å². The number of hydrogen-bond donors (Lipinski definition) is 1. The maximum Gasteiger partial charge on any atom is 0.124 e. The van der Waals surface area contributed by atoms with Crippen LogP contribution in [-0.2, 0) is 6.42 Å². The van der Waals surface area contributed by atoms with Crippen LogP contribution in [0.3, 0.4) is 0 Å². The molecule has 1 N–H and O–H groups in total. The fourth-order valence-electron chi connectivity index (χ4n) is 2.26. The van der Waals surface area contributed by atoms with E-state index in [0.29, 0.717) is 0 Å². The van der Waals surface area contributed by atoms with Gasteiger partial charge in [-0.25, -0.2) is 4.98 Å². The zero-order valence-electron chi connectivity index (χ0n) is 11.1. The van der Waals surface area contributed by atoms with Gasteiger partial charge in [-0.1, -0.05) is 19.1 Å². The second kappa shape index (κ2) is 5.02. The monoisotopic (exact) mass is 268 g/mol. The number of hydrogen-bond acceptors (Lipinski definition) is 3. The first-order valence-corrected chi connectivity index (χ1v) is 7.30. The third-order valence-electron chi connectivity index (χ3n) is 3.30. The molecule has 0 amide bonds. The van der Waals surface area contributed by atoms with Crippen LogP contribution in [0.5, 0.6) is 0 Å². The molecular formula is C16H16N2S. The van der Waals surface area contributed by atoms with Gasteiger partial charge in [0.25, 0.3) is 0 Å². The largest absolute Gasteiger partial charge is 0.388 e. The quantitative estimate of drug-likeness (QED) is 0.752. The molecule has 0 saturated carbocycles. The number of nitrogens with one attached hydrogen (secondary N) is 1. The summed E-state index contributed by atoms with van der Waals surface area (Å²) in [4.78, 5) is 4.71. The van der Waals surface area contributed by atoms with Gasteiger partial charge in [-0.3, -0.25) is 0 Å². The van der Waals surface area contributed by atoms with Crippen LogP contribution in [0, 0.1) is 0 Å². The summed E-state index contributed by atoms with van der Waals surface area (Å²) in [6, 6.07) is 14.8. The molecule has 0 atom stereocenters. The summed E-state index contributed by atoms with van der Waals surface area (Å²) in [5.41, 5.74) is 4.82. The summed E-state index contributed by atoms with van der Waals surface area (Å²) in [5, 5.41) is 4.33. The summed E-state index contributed by atoms with van der Waals surface area (Å²) < 4.78 is 1.24. The molecule has 0 unspecified atom stereocenters. The molecule has 0 fully saturated rings. The number of benzene rings is 2. The molecule has 3 aromatic rings. The van der Waals surface area contributed by atoms with Gasteiger partial charge in [0.05, 0.1) is 10.2 Å². The predicted octanol–water partition coefficient (Wildman–Crippen LogP) is 4.57. The Morgan fingerprint density at radius 1 is 1.16 bits per heavy atom. The van der Waals surface area contributed by atoms with E-state index in [9.17, 15) is 0 Å². The van der Waals surface area contributed by atoms with Crippen molar-refractivity contribution in [2.45, 2.75) is 13.3 Å². The van der Waals surface area contributed by atoms with Crippen molar-refractivity contribution in [2.75, 3.05) is 12.4 Å². The molecule has 0 spiro atoms. The van der Waals surface area contributed by atoms with Crippen LogP contribution in [0.4, 0.5) is 5.69 Å². The average molecular weight is 268 g/mol. The van der Waals surface area contributed by atoms with Crippen LogP contribution in [0.15, 0.2) is 42.5 Å². The first-order chi connectivity index (χ1) is 9.31. The Morgan fingerprint density at radius 2 is 2.00 bits per heavy atom. The molecule has 0 aliphatic heterocycles. The number of nitrogens with zero attached hydrogens (tertiary/aromatic N) is 1. The van der Waals surface area contributed by atoms with Crippen LogP contribution in [0.2, 0.25) is 0 Å². The van der Waals surface area contributed by atoms with Gasteiger partial charge in [-0.05, 0) is 42.3 Å². The lowest BCUT2D eigenvalue weighted by Gasteiger charge is -2.08. The van der Waals surface area contributed by atoms with Gasteiger partial charge in [0, 0.05) is 18.3 Å². The maximum absolute atomic E-state index is 4.71. The maximum atomic E-state index is 4.71. The molecule has 2 nitrogen and oxygen atoms in total. The summed E-state index contributed by atoms with van der Waals surface area (Å²) >= 11 is 1.75. The number of thiazole rings is 1. The summed E-state index contributed by atoms with van der Waals surface area (Å²) in [6.07, 6.45) is 1.02. The Labute approximate surface area is 117 Å². The number of rotatable bonds is 3. The molecule has 19 heavy (non-hydrogen) atoms. The van der Waals surface area contributed by atoms with Crippen molar-refractivity contribution in [3.8, 4) is 10.6 Å². The van der Waals surface area contributed by atoms with Gasteiger partial charge in [-0.15, -0.1) is 11.3 Å². The highest BCUT2D eigenvalue weighted by Crippen LogP contribution is 2.32. The zero-order chi connectivity index (χ0) is 13.2. The number of anilines is 1. The number of fused-ring (bicyclic) bond motifs is 1. The van der Waals surface area contributed by atoms with E-state index in [0.717, 1.165) is 16.9 Å². The number of aromatic nitrogens is 1. The topological polar surface area (TPSA) is 24.9 Å². The van der Waals surface area contributed by atoms with Gasteiger partial charge >= 0.3 is 0 Å². The Bertz CT molecular complexity index is 683. The Morgan fingerprint density at radius 3 is 2.74 bits per heavy atom. The van der Waals surface area contributed by atoms with Crippen molar-refractivity contribution in [1.82, 2.24) is 4.98 Å². The number of aryl methyl sites for hydroxylation is 1. The fourth-order valence-corrected chi connectivity index (χ4v) is 3.22. The molecule has 0 saturated heterocycles. The third kappa shape index (κ3) is 2.22. The summed E-state index contributed by atoms with van der Waals surface area (Å²) in [7, 11) is 1.96. The molecule has 1 heterocycles. The normalized spacial score (nSPS) is 10.8. The van der Waals surface area contributed by atoms with Crippen LogP contribution < -0.4 is 5.32 Å². The van der Waals surface area contributed by atoms with E-state index in [-0.39, 0.29) is 0 Å². The molecule has 96 valence electrons. The van der Waals surface area contributed by atoms with Crippen LogP contribution in [0.25, 0.3) is 20.8 Å². The molecule has 0 bridgehead atoms. The van der Waals surface area contributed by atoms with Gasteiger partial charge in [0.2, 0.25) is 0 Å². The fraction of sp³-hybridized carbons (Fsp3) is 0.188. The highest BCUT2D eigenvalue weighted by Gasteiger charge is 2.08. The minimum Gasteiger partial charge on any atom is -0.388 e. The minimum absolute atomic E-state index is 1.02. The highest BCUT2D eigenvalue weighted by atomic mass is 32.1. The van der Waals surface area contributed by atoms with E-state index in [2.05, 4.69) is 48.6 Å². The second-order valence-corrected chi connectivity index (χ2v) is 5.49. The molecule has 2 aromatic carbocycles. The zero-order valence-corrected chi connectivity index (χ0v) is 11.9. The van der Waals surface area contributed by atoms with Gasteiger partial charge in [0.15, 0.2) is 0 Å². The van der Waals surface area contributed by atoms with Gasteiger partial charge < -0.3 is 5.32 Å². The molecule has 0 radical (unpaired) electrons. The molecule has 0 aliphatic carbocycles. The lowest BCUT2D eigenvalue weighted by molar-refractivity contribution is 1.14. The molecule has 1 aromatic heterocycles. The van der Waals surface area contributed by atoms with E-state index in [1.165, 1.54) is 21.5 Å². The van der Waals surface area contributed by atoms with Crippen molar-refractivity contribution in [1.29, 1.82) is 0 Å². The van der Waals surface area contributed by atoms with E-state index < -0.39 is 0 Å². The van der Waals surface area contributed by atoms with Crippen LogP contribution >= 0.6 is 11.3 Å². The van der Waals surface area contributed by atoms with Crippen molar-refractivity contribution in [3.63, 3.8) is 0 Å². The van der Waals surface area contributed by atoms with Crippen molar-refractivity contribution in [3.05, 3.63) is 48.0 Å². The van der Waals surface area contributed by atoms with Crippen molar-refractivity contribution in [2.24, 2.45) is 0 Å². The van der Waals surface area contributed by atoms with Crippen molar-refractivity contribution < 1.29 is 0 Å². The van der Waals surface area contributed by atoms with E-state index in [4.69, 9.17) is 4.98 Å². The molecule has 3 rings (SSSR count). The minimum atomic E-state index is 1.02. The van der Waals surface area contributed by atoms with Crippen LogP contribution in [0.1, 0.15) is 12.5 Å². The average Bonchev–Trinajstić information content (AvgIpc) is 2.90. The first-order valence-electron chi connectivity index (χ1n) is 6.48. The number of para-hydroxylation sites is 1. The molecule has 0 aliphatic rings. The van der Waals surface area contributed by atoms with E-state index in [1.807, 2.05) is 13.1 Å². The SMILES string of the molecule is CCc1cc(-c2nc3ccccc3s2)ccc1NC. The third-order valence-corrected chi connectivity index (χ3v) is 4.38. The molecular weight excluding hydrogens is 252 g/mol. The van der Waals surface area contributed by atoms with Crippen LogP contribution in [-0.4, -0.2) is 12.0 Å². The lowest BCUT2D eigenvalue weighted by atomic mass is 10.1.